The van der Waals surface area contributed by atoms with Gasteiger partial charge in [0.2, 0.25) is 5.91 Å². The third kappa shape index (κ3) is 4.95. The standard InChI is InChI=1S/C26H24ClN3O3S/c1-16(18-9-5-4-6-10-18)28-24(31)17(2)34-26-29-21-15-19(27)13-14-20(21)25(32)30(26)22-11-7-8-12-23(22)33-3/h4-17H,1-3H3,(H,28,31). The van der Waals surface area contributed by atoms with Gasteiger partial charge in [0.05, 0.1) is 35.0 Å². The molecular formula is C26H24ClN3O3S. The molecule has 0 saturated heterocycles. The van der Waals surface area contributed by atoms with E-state index in [0.29, 0.717) is 32.5 Å². The maximum atomic E-state index is 13.6. The lowest BCUT2D eigenvalue weighted by Crippen LogP contribution is -2.33. The lowest BCUT2D eigenvalue weighted by atomic mass is 10.1. The molecule has 0 aliphatic rings. The van der Waals surface area contributed by atoms with E-state index in [1.165, 1.54) is 16.3 Å². The Morgan fingerprint density at radius 1 is 1.06 bits per heavy atom. The highest BCUT2D eigenvalue weighted by Gasteiger charge is 2.23. The molecule has 0 fully saturated rings. The molecule has 2 atom stereocenters. The maximum absolute atomic E-state index is 13.6. The molecule has 1 N–H and O–H groups in total. The second kappa shape index (κ2) is 10.3. The molecule has 0 aliphatic carbocycles. The van der Waals surface area contributed by atoms with Crippen molar-refractivity contribution in [3.05, 3.63) is 93.7 Å². The van der Waals surface area contributed by atoms with Crippen molar-refractivity contribution in [3.63, 3.8) is 0 Å². The molecule has 4 aromatic rings. The van der Waals surface area contributed by atoms with Crippen molar-refractivity contribution in [1.29, 1.82) is 0 Å². The van der Waals surface area contributed by atoms with Crippen molar-refractivity contribution in [2.45, 2.75) is 30.3 Å². The monoisotopic (exact) mass is 493 g/mol. The predicted molar refractivity (Wildman–Crippen MR) is 137 cm³/mol. The Kier molecular flexibility index (Phi) is 7.24. The number of aromatic nitrogens is 2. The fourth-order valence-corrected chi connectivity index (χ4v) is 4.71. The second-order valence-electron chi connectivity index (χ2n) is 7.77. The van der Waals surface area contributed by atoms with Gasteiger partial charge >= 0.3 is 0 Å². The van der Waals surface area contributed by atoms with Crippen molar-refractivity contribution in [2.75, 3.05) is 7.11 Å². The van der Waals surface area contributed by atoms with Crippen LogP contribution in [0.2, 0.25) is 5.02 Å². The van der Waals surface area contributed by atoms with Crippen molar-refractivity contribution < 1.29 is 9.53 Å². The molecule has 34 heavy (non-hydrogen) atoms. The Hall–Kier alpha value is -3.29. The number of nitrogens with zero attached hydrogens (tertiary/aromatic N) is 2. The maximum Gasteiger partial charge on any atom is 0.266 e. The van der Waals surface area contributed by atoms with Crippen molar-refractivity contribution in [1.82, 2.24) is 14.9 Å². The molecule has 3 aromatic carbocycles. The van der Waals surface area contributed by atoms with Gasteiger partial charge in [-0.15, -0.1) is 0 Å². The number of ether oxygens (including phenoxy) is 1. The predicted octanol–water partition coefficient (Wildman–Crippen LogP) is 5.41. The van der Waals surface area contributed by atoms with Crippen LogP contribution in [-0.4, -0.2) is 27.8 Å². The summed E-state index contributed by atoms with van der Waals surface area (Å²) in [5.74, 6) is 0.365. The van der Waals surface area contributed by atoms with Crippen LogP contribution < -0.4 is 15.6 Å². The zero-order valence-corrected chi connectivity index (χ0v) is 20.6. The number of hydrogen-bond acceptors (Lipinski definition) is 5. The average molecular weight is 494 g/mol. The highest BCUT2D eigenvalue weighted by Crippen LogP contribution is 2.30. The van der Waals surface area contributed by atoms with E-state index in [2.05, 4.69) is 5.32 Å². The first kappa shape index (κ1) is 23.9. The Morgan fingerprint density at radius 3 is 2.50 bits per heavy atom. The minimum absolute atomic E-state index is 0.156. The molecule has 1 amide bonds. The largest absolute Gasteiger partial charge is 0.495 e. The van der Waals surface area contributed by atoms with Gasteiger partial charge in [-0.05, 0) is 49.7 Å². The fourth-order valence-electron chi connectivity index (χ4n) is 3.61. The summed E-state index contributed by atoms with van der Waals surface area (Å²) >= 11 is 7.37. The number of halogens is 1. The van der Waals surface area contributed by atoms with Gasteiger partial charge in [-0.3, -0.25) is 14.2 Å². The van der Waals surface area contributed by atoms with E-state index in [1.807, 2.05) is 49.4 Å². The summed E-state index contributed by atoms with van der Waals surface area (Å²) in [4.78, 5) is 31.3. The summed E-state index contributed by atoms with van der Waals surface area (Å²) in [5.41, 5.74) is 1.76. The number of thioether (sulfide) groups is 1. The molecule has 1 aromatic heterocycles. The van der Waals surface area contributed by atoms with E-state index in [9.17, 15) is 9.59 Å². The number of fused-ring (bicyclic) bond motifs is 1. The number of carbonyl (C=O) groups excluding carboxylic acids is 1. The highest BCUT2D eigenvalue weighted by atomic mass is 35.5. The molecule has 2 unspecified atom stereocenters. The van der Waals surface area contributed by atoms with E-state index in [0.717, 1.165) is 5.56 Å². The summed E-state index contributed by atoms with van der Waals surface area (Å²) in [7, 11) is 1.55. The third-order valence-corrected chi connectivity index (χ3v) is 6.72. The first-order chi connectivity index (χ1) is 16.4. The van der Waals surface area contributed by atoms with Crippen LogP contribution in [0.15, 0.2) is 82.7 Å². The van der Waals surface area contributed by atoms with Gasteiger partial charge < -0.3 is 10.1 Å². The van der Waals surface area contributed by atoms with Gasteiger partial charge in [0, 0.05) is 5.02 Å². The van der Waals surface area contributed by atoms with Crippen LogP contribution in [0.5, 0.6) is 5.75 Å². The fraction of sp³-hybridized carbons (Fsp3) is 0.192. The zero-order valence-electron chi connectivity index (χ0n) is 19.0. The average Bonchev–Trinajstić information content (AvgIpc) is 2.84. The number of rotatable bonds is 7. The molecule has 1 heterocycles. The summed E-state index contributed by atoms with van der Waals surface area (Å²) in [6.45, 7) is 3.73. The number of para-hydroxylation sites is 2. The molecular weight excluding hydrogens is 470 g/mol. The van der Waals surface area contributed by atoms with E-state index in [-0.39, 0.29) is 17.5 Å². The highest BCUT2D eigenvalue weighted by molar-refractivity contribution is 8.00. The van der Waals surface area contributed by atoms with E-state index < -0.39 is 5.25 Å². The van der Waals surface area contributed by atoms with Gasteiger partial charge in [0.25, 0.3) is 5.56 Å². The van der Waals surface area contributed by atoms with Gasteiger partial charge in [0.1, 0.15) is 5.75 Å². The smallest absolute Gasteiger partial charge is 0.266 e. The molecule has 0 aliphatic heterocycles. The quantitative estimate of drug-likeness (QED) is 0.275. The number of carbonyl (C=O) groups is 1. The summed E-state index contributed by atoms with van der Waals surface area (Å²) in [6.07, 6.45) is 0. The minimum atomic E-state index is -0.518. The zero-order chi connectivity index (χ0) is 24.2. The third-order valence-electron chi connectivity index (χ3n) is 5.44. The topological polar surface area (TPSA) is 73.2 Å². The Morgan fingerprint density at radius 2 is 1.76 bits per heavy atom. The number of amides is 1. The van der Waals surface area contributed by atoms with Gasteiger partial charge in [-0.2, -0.15) is 0 Å². The SMILES string of the molecule is COc1ccccc1-n1c(SC(C)C(=O)NC(C)c2ccccc2)nc2cc(Cl)ccc2c1=O. The van der Waals surface area contributed by atoms with Crippen LogP contribution in [0.25, 0.3) is 16.6 Å². The number of hydrogen-bond donors (Lipinski definition) is 1. The number of methoxy groups -OCH3 is 1. The molecule has 0 saturated carbocycles. The van der Waals surface area contributed by atoms with Crippen LogP contribution in [0, 0.1) is 0 Å². The van der Waals surface area contributed by atoms with Crippen molar-refractivity contribution >= 4 is 40.2 Å². The first-order valence-electron chi connectivity index (χ1n) is 10.8. The number of nitrogens with one attached hydrogen (secondary N) is 1. The number of benzene rings is 3. The van der Waals surface area contributed by atoms with Crippen LogP contribution in [0.4, 0.5) is 0 Å². The first-order valence-corrected chi connectivity index (χ1v) is 12.0. The van der Waals surface area contributed by atoms with Crippen LogP contribution in [0.3, 0.4) is 0 Å². The van der Waals surface area contributed by atoms with Crippen LogP contribution >= 0.6 is 23.4 Å². The van der Waals surface area contributed by atoms with Crippen LogP contribution in [-0.2, 0) is 4.79 Å². The van der Waals surface area contributed by atoms with Crippen LogP contribution in [0.1, 0.15) is 25.5 Å². The summed E-state index contributed by atoms with van der Waals surface area (Å²) < 4.78 is 6.99. The van der Waals surface area contributed by atoms with E-state index >= 15 is 0 Å². The summed E-state index contributed by atoms with van der Waals surface area (Å²) in [6, 6.07) is 21.8. The Labute approximate surface area is 206 Å². The normalized spacial score (nSPS) is 12.8. The lowest BCUT2D eigenvalue weighted by Gasteiger charge is -2.20. The van der Waals surface area contributed by atoms with Gasteiger partial charge in [-0.25, -0.2) is 4.98 Å². The van der Waals surface area contributed by atoms with Gasteiger partial charge in [-0.1, -0.05) is 65.8 Å². The van der Waals surface area contributed by atoms with E-state index in [4.69, 9.17) is 21.3 Å². The summed E-state index contributed by atoms with van der Waals surface area (Å²) in [5, 5.41) is 3.80. The molecule has 4 rings (SSSR count). The van der Waals surface area contributed by atoms with Crippen molar-refractivity contribution in [3.8, 4) is 11.4 Å². The molecule has 0 spiro atoms. The second-order valence-corrected chi connectivity index (χ2v) is 9.51. The molecule has 0 bridgehead atoms. The minimum Gasteiger partial charge on any atom is -0.495 e. The van der Waals surface area contributed by atoms with Crippen molar-refractivity contribution in [2.24, 2.45) is 0 Å². The van der Waals surface area contributed by atoms with E-state index in [1.54, 1.807) is 44.4 Å². The molecule has 6 nitrogen and oxygen atoms in total. The Balaban J connectivity index is 1.73. The molecule has 174 valence electrons. The van der Waals surface area contributed by atoms with Gasteiger partial charge in [0.15, 0.2) is 5.16 Å². The Bertz CT molecular complexity index is 1390. The molecule has 8 heteroatoms. The molecule has 0 radical (unpaired) electrons. The lowest BCUT2D eigenvalue weighted by molar-refractivity contribution is -0.120.